The number of halogens is 1. The monoisotopic (exact) mass is 424 g/mol. The van der Waals surface area contributed by atoms with Crippen LogP contribution in [0.3, 0.4) is 0 Å². The fourth-order valence-corrected chi connectivity index (χ4v) is 4.10. The zero-order valence-electron chi connectivity index (χ0n) is 14.6. The van der Waals surface area contributed by atoms with Crippen LogP contribution in [0.1, 0.15) is 0 Å². The van der Waals surface area contributed by atoms with E-state index in [2.05, 4.69) is 15.6 Å². The molecule has 1 aromatic heterocycles. The topological polar surface area (TPSA) is 118 Å². The van der Waals surface area contributed by atoms with E-state index in [1.807, 2.05) is 0 Å². The van der Waals surface area contributed by atoms with Crippen molar-refractivity contribution in [1.29, 1.82) is 0 Å². The summed E-state index contributed by atoms with van der Waals surface area (Å²) >= 11 is 6.06. The Kier molecular flexibility index (Phi) is 6.25. The molecule has 0 bridgehead atoms. The summed E-state index contributed by atoms with van der Waals surface area (Å²) < 4.78 is 31.9. The predicted octanol–water partition coefficient (Wildman–Crippen LogP) is 1.33. The first kappa shape index (κ1) is 20.2. The highest BCUT2D eigenvalue weighted by Crippen LogP contribution is 2.27. The minimum atomic E-state index is -3.77. The Hall–Kier alpha value is -2.53. The van der Waals surface area contributed by atoms with Gasteiger partial charge in [-0.2, -0.15) is 4.31 Å². The summed E-state index contributed by atoms with van der Waals surface area (Å²) in [6, 6.07) is 7.09. The molecule has 1 fully saturated rings. The van der Waals surface area contributed by atoms with E-state index in [9.17, 15) is 18.0 Å². The number of benzene rings is 1. The Morgan fingerprint density at radius 2 is 1.82 bits per heavy atom. The molecule has 0 aliphatic carbocycles. The van der Waals surface area contributed by atoms with Crippen molar-refractivity contribution in [3.63, 3.8) is 0 Å². The van der Waals surface area contributed by atoms with Gasteiger partial charge in [0.25, 0.3) is 0 Å². The number of hydrogen-bond acceptors (Lipinski definition) is 6. The van der Waals surface area contributed by atoms with Crippen molar-refractivity contribution < 1.29 is 22.7 Å². The fourth-order valence-electron chi connectivity index (χ4n) is 2.50. The molecule has 2 amide bonds. The second-order valence-electron chi connectivity index (χ2n) is 5.81. The molecule has 0 radical (unpaired) electrons. The van der Waals surface area contributed by atoms with E-state index in [0.29, 0.717) is 18.9 Å². The van der Waals surface area contributed by atoms with Gasteiger partial charge in [0.15, 0.2) is 0 Å². The van der Waals surface area contributed by atoms with Crippen molar-refractivity contribution >= 4 is 44.8 Å². The second-order valence-corrected chi connectivity index (χ2v) is 8.15. The highest BCUT2D eigenvalue weighted by Gasteiger charge is 2.27. The molecule has 11 heteroatoms. The summed E-state index contributed by atoms with van der Waals surface area (Å²) in [5.74, 6) is -1.93. The van der Waals surface area contributed by atoms with E-state index in [0.717, 1.165) is 0 Å². The molecule has 0 saturated carbocycles. The minimum Gasteiger partial charge on any atom is -0.379 e. The molecule has 1 aliphatic heterocycles. The van der Waals surface area contributed by atoms with Gasteiger partial charge in [-0.3, -0.25) is 14.6 Å². The summed E-state index contributed by atoms with van der Waals surface area (Å²) in [6.45, 7) is 1.09. The Morgan fingerprint density at radius 1 is 1.11 bits per heavy atom. The summed E-state index contributed by atoms with van der Waals surface area (Å²) in [6.07, 6.45) is 2.91. The first-order valence-corrected chi connectivity index (χ1v) is 10.1. The van der Waals surface area contributed by atoms with Crippen molar-refractivity contribution in [1.82, 2.24) is 9.29 Å². The van der Waals surface area contributed by atoms with Crippen molar-refractivity contribution in [3.05, 3.63) is 47.7 Å². The first-order valence-electron chi connectivity index (χ1n) is 8.28. The van der Waals surface area contributed by atoms with Crippen LogP contribution >= 0.6 is 11.6 Å². The van der Waals surface area contributed by atoms with Crippen molar-refractivity contribution in [2.75, 3.05) is 36.9 Å². The maximum absolute atomic E-state index is 12.7. The van der Waals surface area contributed by atoms with Crippen molar-refractivity contribution in [3.8, 4) is 0 Å². The number of nitrogens with zero attached hydrogens (tertiary/aromatic N) is 2. The van der Waals surface area contributed by atoms with E-state index in [1.54, 1.807) is 12.1 Å². The number of carbonyl (C=O) groups is 2. The van der Waals surface area contributed by atoms with Crippen LogP contribution in [0.25, 0.3) is 0 Å². The zero-order valence-corrected chi connectivity index (χ0v) is 16.2. The lowest BCUT2D eigenvalue weighted by Crippen LogP contribution is -2.40. The minimum absolute atomic E-state index is 0.0161. The number of carbonyl (C=O) groups excluding carboxylic acids is 2. The van der Waals surface area contributed by atoms with Crippen LogP contribution in [0.4, 0.5) is 11.4 Å². The number of pyridine rings is 1. The van der Waals surface area contributed by atoms with E-state index in [4.69, 9.17) is 16.3 Å². The van der Waals surface area contributed by atoms with Gasteiger partial charge in [-0.25, -0.2) is 8.42 Å². The predicted molar refractivity (Wildman–Crippen MR) is 103 cm³/mol. The highest BCUT2D eigenvalue weighted by molar-refractivity contribution is 7.89. The van der Waals surface area contributed by atoms with Gasteiger partial charge in [0, 0.05) is 19.3 Å². The van der Waals surface area contributed by atoms with Gasteiger partial charge < -0.3 is 15.4 Å². The lowest BCUT2D eigenvalue weighted by molar-refractivity contribution is -0.133. The van der Waals surface area contributed by atoms with Crippen LogP contribution in [0.15, 0.2) is 47.6 Å². The molecule has 28 heavy (non-hydrogen) atoms. The van der Waals surface area contributed by atoms with Crippen LogP contribution in [0.5, 0.6) is 0 Å². The average molecular weight is 425 g/mol. The Labute approximate surface area is 166 Å². The lowest BCUT2D eigenvalue weighted by atomic mass is 10.3. The number of nitrogens with one attached hydrogen (secondary N) is 2. The maximum atomic E-state index is 12.7. The smallest absolute Gasteiger partial charge is 0.314 e. The number of hydrogen-bond donors (Lipinski definition) is 2. The molecule has 9 nitrogen and oxygen atoms in total. The second kappa shape index (κ2) is 8.65. The van der Waals surface area contributed by atoms with Crippen LogP contribution in [0, 0.1) is 0 Å². The third-order valence-corrected chi connectivity index (χ3v) is 6.14. The Bertz CT molecular complexity index is 978. The highest BCUT2D eigenvalue weighted by atomic mass is 35.5. The Balaban J connectivity index is 1.76. The molecule has 148 valence electrons. The van der Waals surface area contributed by atoms with E-state index < -0.39 is 21.8 Å². The summed E-state index contributed by atoms with van der Waals surface area (Å²) in [5.41, 5.74) is 0.361. The number of morpholine rings is 1. The van der Waals surface area contributed by atoms with Gasteiger partial charge in [0.2, 0.25) is 10.0 Å². The van der Waals surface area contributed by atoms with Gasteiger partial charge in [0.1, 0.15) is 0 Å². The van der Waals surface area contributed by atoms with E-state index in [1.165, 1.54) is 34.9 Å². The summed E-state index contributed by atoms with van der Waals surface area (Å²) in [5, 5.41) is 4.82. The van der Waals surface area contributed by atoms with Crippen molar-refractivity contribution in [2.24, 2.45) is 0 Å². The van der Waals surface area contributed by atoms with Crippen LogP contribution in [-0.4, -0.2) is 55.8 Å². The normalized spacial score (nSPS) is 15.0. The standard InChI is InChI=1S/C17H17ClN4O5S/c18-14-4-3-13(28(25,26)22-6-8-27-9-7-22)10-15(14)21-17(24)16(23)20-12-2-1-5-19-11-12/h1-5,10-11H,6-9H2,(H,20,23)(H,21,24). The molecule has 2 aromatic rings. The first-order chi connectivity index (χ1) is 13.4. The van der Waals surface area contributed by atoms with Crippen LogP contribution in [-0.2, 0) is 24.3 Å². The molecule has 0 spiro atoms. The van der Waals surface area contributed by atoms with E-state index >= 15 is 0 Å². The SMILES string of the molecule is O=C(Nc1cccnc1)C(=O)Nc1cc(S(=O)(=O)N2CCOCC2)ccc1Cl. The number of ether oxygens (including phenoxy) is 1. The van der Waals surface area contributed by atoms with Gasteiger partial charge in [-0.05, 0) is 30.3 Å². The number of amides is 2. The zero-order chi connectivity index (χ0) is 20.1. The molecule has 0 atom stereocenters. The fraction of sp³-hybridized carbons (Fsp3) is 0.235. The van der Waals surface area contributed by atoms with Gasteiger partial charge in [-0.15, -0.1) is 0 Å². The number of rotatable bonds is 4. The summed E-state index contributed by atoms with van der Waals surface area (Å²) in [7, 11) is -3.77. The molecular weight excluding hydrogens is 408 g/mol. The van der Waals surface area contributed by atoms with Gasteiger partial charge >= 0.3 is 11.8 Å². The molecular formula is C17H17ClN4O5S. The van der Waals surface area contributed by atoms with E-state index in [-0.39, 0.29) is 28.7 Å². The molecule has 1 aliphatic rings. The Morgan fingerprint density at radius 3 is 2.50 bits per heavy atom. The lowest BCUT2D eigenvalue weighted by Gasteiger charge is -2.26. The summed E-state index contributed by atoms with van der Waals surface area (Å²) in [4.78, 5) is 28.0. The quantitative estimate of drug-likeness (QED) is 0.715. The van der Waals surface area contributed by atoms with Crippen LogP contribution < -0.4 is 10.6 Å². The van der Waals surface area contributed by atoms with Crippen molar-refractivity contribution in [2.45, 2.75) is 4.90 Å². The largest absolute Gasteiger partial charge is 0.379 e. The molecule has 1 aromatic carbocycles. The number of aromatic nitrogens is 1. The average Bonchev–Trinajstić information content (AvgIpc) is 2.71. The van der Waals surface area contributed by atoms with Gasteiger partial charge in [-0.1, -0.05) is 11.6 Å². The van der Waals surface area contributed by atoms with Gasteiger partial charge in [0.05, 0.1) is 40.7 Å². The molecule has 2 heterocycles. The molecule has 0 unspecified atom stereocenters. The molecule has 2 N–H and O–H groups in total. The third kappa shape index (κ3) is 4.65. The maximum Gasteiger partial charge on any atom is 0.314 e. The molecule has 3 rings (SSSR count). The third-order valence-electron chi connectivity index (χ3n) is 3.92. The van der Waals surface area contributed by atoms with Crippen LogP contribution in [0.2, 0.25) is 5.02 Å². The number of anilines is 2. The molecule has 1 saturated heterocycles. The number of sulfonamides is 1.